The van der Waals surface area contributed by atoms with E-state index < -0.39 is 5.82 Å². The third kappa shape index (κ3) is 5.54. The van der Waals surface area contributed by atoms with Gasteiger partial charge in [-0.2, -0.15) is 0 Å². The maximum atomic E-state index is 14.8. The first kappa shape index (κ1) is 24.5. The van der Waals surface area contributed by atoms with E-state index >= 15 is 0 Å². The van der Waals surface area contributed by atoms with Crippen molar-refractivity contribution in [1.29, 1.82) is 0 Å². The minimum atomic E-state index is -0.404. The molecule has 0 bridgehead atoms. The van der Waals surface area contributed by atoms with Gasteiger partial charge in [0.2, 0.25) is 5.91 Å². The highest BCUT2D eigenvalue weighted by Gasteiger charge is 2.20. The zero-order valence-corrected chi connectivity index (χ0v) is 20.7. The van der Waals surface area contributed by atoms with Gasteiger partial charge in [-0.1, -0.05) is 49.0 Å². The number of aryl methyl sites for hydroxylation is 2. The molecular weight excluding hydrogens is 463 g/mol. The summed E-state index contributed by atoms with van der Waals surface area (Å²) < 4.78 is 22.0. The SMILES string of the molecule is CCOc1ccc(-c2nnc(SCC(=O)Nc3c(C)cccc3CC)n2-c2ccccc2F)cc1. The lowest BCUT2D eigenvalue weighted by Gasteiger charge is -2.14. The number of para-hydroxylation sites is 2. The molecule has 0 aliphatic carbocycles. The minimum Gasteiger partial charge on any atom is -0.494 e. The zero-order chi connectivity index (χ0) is 24.8. The number of carbonyl (C=O) groups excluding carboxylic acids is 1. The average Bonchev–Trinajstić information content (AvgIpc) is 3.28. The van der Waals surface area contributed by atoms with E-state index in [0.717, 1.165) is 34.5 Å². The van der Waals surface area contributed by atoms with Gasteiger partial charge in [-0.3, -0.25) is 9.36 Å². The molecule has 0 radical (unpaired) electrons. The molecule has 4 rings (SSSR count). The number of anilines is 1. The molecule has 180 valence electrons. The monoisotopic (exact) mass is 490 g/mol. The Bertz CT molecular complexity index is 1320. The van der Waals surface area contributed by atoms with E-state index in [2.05, 4.69) is 22.4 Å². The van der Waals surface area contributed by atoms with Crippen LogP contribution in [0.5, 0.6) is 5.75 Å². The minimum absolute atomic E-state index is 0.105. The van der Waals surface area contributed by atoms with Gasteiger partial charge in [0.05, 0.1) is 18.0 Å². The number of halogens is 1. The molecule has 1 aromatic heterocycles. The number of rotatable bonds is 9. The second-order valence-corrected chi connectivity index (χ2v) is 8.79. The summed E-state index contributed by atoms with van der Waals surface area (Å²) in [5.74, 6) is 0.756. The smallest absolute Gasteiger partial charge is 0.234 e. The normalized spacial score (nSPS) is 10.9. The van der Waals surface area contributed by atoms with Crippen molar-refractivity contribution in [3.05, 3.63) is 83.7 Å². The van der Waals surface area contributed by atoms with Crippen molar-refractivity contribution in [2.45, 2.75) is 32.3 Å². The number of thioether (sulfide) groups is 1. The van der Waals surface area contributed by atoms with E-state index in [0.29, 0.717) is 23.3 Å². The Morgan fingerprint density at radius 3 is 2.51 bits per heavy atom. The highest BCUT2D eigenvalue weighted by molar-refractivity contribution is 7.99. The van der Waals surface area contributed by atoms with Crippen molar-refractivity contribution in [3.63, 3.8) is 0 Å². The standard InChI is InChI=1S/C27H27FN4O2S/c1-4-19-10-8-9-18(3)25(19)29-24(33)17-35-27-31-30-26(20-13-15-21(16-14-20)34-5-2)32(27)23-12-7-6-11-22(23)28/h6-16H,4-5,17H2,1-3H3,(H,29,33). The third-order valence-electron chi connectivity index (χ3n) is 5.49. The zero-order valence-electron chi connectivity index (χ0n) is 19.9. The van der Waals surface area contributed by atoms with Gasteiger partial charge in [0.25, 0.3) is 0 Å². The summed E-state index contributed by atoms with van der Waals surface area (Å²) in [4.78, 5) is 12.8. The number of nitrogens with zero attached hydrogens (tertiary/aromatic N) is 3. The van der Waals surface area contributed by atoms with Crippen LogP contribution in [0.25, 0.3) is 17.1 Å². The summed E-state index contributed by atoms with van der Waals surface area (Å²) in [5.41, 5.74) is 4.00. The third-order valence-corrected chi connectivity index (χ3v) is 6.42. The quantitative estimate of drug-likeness (QED) is 0.288. The second-order valence-electron chi connectivity index (χ2n) is 7.85. The summed E-state index contributed by atoms with van der Waals surface area (Å²) in [5, 5.41) is 12.1. The van der Waals surface area contributed by atoms with Gasteiger partial charge >= 0.3 is 0 Å². The van der Waals surface area contributed by atoms with Crippen molar-refractivity contribution >= 4 is 23.4 Å². The number of hydrogen-bond acceptors (Lipinski definition) is 5. The lowest BCUT2D eigenvalue weighted by atomic mass is 10.1. The van der Waals surface area contributed by atoms with Crippen molar-refractivity contribution in [3.8, 4) is 22.8 Å². The first-order chi connectivity index (χ1) is 17.0. The first-order valence-corrected chi connectivity index (χ1v) is 12.4. The molecule has 8 heteroatoms. The van der Waals surface area contributed by atoms with Crippen LogP contribution in [0, 0.1) is 12.7 Å². The van der Waals surface area contributed by atoms with Gasteiger partial charge in [0, 0.05) is 11.3 Å². The van der Waals surface area contributed by atoms with Crippen LogP contribution in [0.3, 0.4) is 0 Å². The molecule has 0 aliphatic rings. The lowest BCUT2D eigenvalue weighted by molar-refractivity contribution is -0.113. The predicted octanol–water partition coefficient (Wildman–Crippen LogP) is 6.07. The van der Waals surface area contributed by atoms with E-state index in [-0.39, 0.29) is 11.7 Å². The van der Waals surface area contributed by atoms with Gasteiger partial charge in [0.1, 0.15) is 11.6 Å². The summed E-state index contributed by atoms with van der Waals surface area (Å²) in [6.07, 6.45) is 0.817. The molecule has 6 nitrogen and oxygen atoms in total. The molecule has 0 fully saturated rings. The molecule has 1 amide bonds. The fraction of sp³-hybridized carbons (Fsp3) is 0.222. The molecule has 4 aromatic rings. The van der Waals surface area contributed by atoms with Gasteiger partial charge < -0.3 is 10.1 Å². The number of benzene rings is 3. The number of hydrogen-bond donors (Lipinski definition) is 1. The Morgan fingerprint density at radius 2 is 1.80 bits per heavy atom. The number of amides is 1. The van der Waals surface area contributed by atoms with Crippen LogP contribution in [0.1, 0.15) is 25.0 Å². The Kier molecular flexibility index (Phi) is 7.82. The summed E-state index contributed by atoms with van der Waals surface area (Å²) in [6, 6.07) is 19.8. The van der Waals surface area contributed by atoms with Crippen molar-refractivity contribution < 1.29 is 13.9 Å². The summed E-state index contributed by atoms with van der Waals surface area (Å²) >= 11 is 1.21. The predicted molar refractivity (Wildman–Crippen MR) is 138 cm³/mol. The Labute approximate surface area is 208 Å². The molecule has 3 aromatic carbocycles. The van der Waals surface area contributed by atoms with Gasteiger partial charge in [0.15, 0.2) is 11.0 Å². The molecule has 0 atom stereocenters. The van der Waals surface area contributed by atoms with Crippen LogP contribution in [-0.4, -0.2) is 33.0 Å². The Morgan fingerprint density at radius 1 is 1.03 bits per heavy atom. The summed E-state index contributed by atoms with van der Waals surface area (Å²) in [7, 11) is 0. The number of nitrogens with one attached hydrogen (secondary N) is 1. The van der Waals surface area contributed by atoms with Crippen molar-refractivity contribution in [1.82, 2.24) is 14.8 Å². The van der Waals surface area contributed by atoms with E-state index in [1.165, 1.54) is 17.8 Å². The number of ether oxygens (including phenoxy) is 1. The highest BCUT2D eigenvalue weighted by atomic mass is 32.2. The van der Waals surface area contributed by atoms with Crippen LogP contribution < -0.4 is 10.1 Å². The van der Waals surface area contributed by atoms with E-state index in [1.54, 1.807) is 22.8 Å². The van der Waals surface area contributed by atoms with Crippen LogP contribution in [0.2, 0.25) is 0 Å². The van der Waals surface area contributed by atoms with Gasteiger partial charge in [-0.15, -0.1) is 10.2 Å². The van der Waals surface area contributed by atoms with Crippen LogP contribution in [0.4, 0.5) is 10.1 Å². The van der Waals surface area contributed by atoms with Gasteiger partial charge in [-0.25, -0.2) is 4.39 Å². The van der Waals surface area contributed by atoms with Crippen LogP contribution in [-0.2, 0) is 11.2 Å². The van der Waals surface area contributed by atoms with Gasteiger partial charge in [-0.05, 0) is 67.8 Å². The Balaban J connectivity index is 1.62. The molecule has 35 heavy (non-hydrogen) atoms. The van der Waals surface area contributed by atoms with Crippen LogP contribution in [0.15, 0.2) is 71.9 Å². The maximum absolute atomic E-state index is 14.8. The topological polar surface area (TPSA) is 69.0 Å². The summed E-state index contributed by atoms with van der Waals surface area (Å²) in [6.45, 7) is 6.51. The largest absolute Gasteiger partial charge is 0.494 e. The molecule has 0 saturated carbocycles. The van der Waals surface area contributed by atoms with E-state index in [9.17, 15) is 9.18 Å². The highest BCUT2D eigenvalue weighted by Crippen LogP contribution is 2.30. The molecule has 1 N–H and O–H groups in total. The van der Waals surface area contributed by atoms with Crippen molar-refractivity contribution in [2.75, 3.05) is 17.7 Å². The average molecular weight is 491 g/mol. The molecule has 1 heterocycles. The fourth-order valence-corrected chi connectivity index (χ4v) is 4.52. The lowest BCUT2D eigenvalue weighted by Crippen LogP contribution is -2.16. The molecule has 0 saturated heterocycles. The van der Waals surface area contributed by atoms with Crippen LogP contribution >= 0.6 is 11.8 Å². The maximum Gasteiger partial charge on any atom is 0.234 e. The molecular formula is C27H27FN4O2S. The van der Waals surface area contributed by atoms with E-state index in [4.69, 9.17) is 4.74 Å². The number of aromatic nitrogens is 3. The first-order valence-electron chi connectivity index (χ1n) is 11.5. The van der Waals surface area contributed by atoms with E-state index in [1.807, 2.05) is 56.3 Å². The Hall–Kier alpha value is -3.65. The fourth-order valence-electron chi connectivity index (χ4n) is 3.78. The molecule has 0 unspecified atom stereocenters. The number of carbonyl (C=O) groups is 1. The second kappa shape index (κ2) is 11.2. The molecule has 0 spiro atoms. The van der Waals surface area contributed by atoms with Crippen molar-refractivity contribution in [2.24, 2.45) is 0 Å². The molecule has 0 aliphatic heterocycles.